The molecule has 158 valence electrons. The van der Waals surface area contributed by atoms with Crippen LogP contribution < -0.4 is 19.5 Å². The Kier molecular flexibility index (Phi) is 6.30. The Labute approximate surface area is 176 Å². The van der Waals surface area contributed by atoms with Gasteiger partial charge in [0.2, 0.25) is 11.7 Å². The molecule has 2 amide bonds. The molecule has 0 spiro atoms. The molecule has 1 atom stereocenters. The second-order valence-corrected chi connectivity index (χ2v) is 7.21. The van der Waals surface area contributed by atoms with Crippen molar-refractivity contribution in [3.63, 3.8) is 0 Å². The van der Waals surface area contributed by atoms with Crippen LogP contribution in [0.1, 0.15) is 29.8 Å². The first-order valence-electron chi connectivity index (χ1n) is 9.62. The summed E-state index contributed by atoms with van der Waals surface area (Å²) < 4.78 is 16.2. The summed E-state index contributed by atoms with van der Waals surface area (Å²) in [6.45, 7) is 3.82. The Bertz CT molecular complexity index is 944. The molecule has 7 heteroatoms. The second-order valence-electron chi connectivity index (χ2n) is 7.21. The molecule has 0 aliphatic carbocycles. The predicted octanol–water partition coefficient (Wildman–Crippen LogP) is 3.31. The zero-order chi connectivity index (χ0) is 21.8. The SMILES string of the molecule is COc1cc(C2=CN(C(=O)c3ccccc3)[C@@H](C(C)C)C(=O)N2)cc(OC)c1OC. The number of nitrogens with zero attached hydrogens (tertiary/aromatic N) is 1. The molecule has 3 rings (SSSR count). The monoisotopic (exact) mass is 410 g/mol. The maximum atomic E-state index is 13.2. The largest absolute Gasteiger partial charge is 0.493 e. The maximum absolute atomic E-state index is 13.2. The summed E-state index contributed by atoms with van der Waals surface area (Å²) in [5.74, 6) is 0.789. The minimum absolute atomic E-state index is 0.0737. The highest BCUT2D eigenvalue weighted by Gasteiger charge is 2.36. The number of methoxy groups -OCH3 is 3. The lowest BCUT2D eigenvalue weighted by atomic mass is 9.97. The summed E-state index contributed by atoms with van der Waals surface area (Å²) in [5, 5.41) is 2.92. The molecular formula is C23H26N2O5. The number of carbonyl (C=O) groups is 2. The minimum Gasteiger partial charge on any atom is -0.493 e. The third-order valence-corrected chi connectivity index (χ3v) is 4.96. The average molecular weight is 410 g/mol. The van der Waals surface area contributed by atoms with Gasteiger partial charge in [-0.2, -0.15) is 0 Å². The number of rotatable bonds is 6. The molecule has 2 aromatic rings. The van der Waals surface area contributed by atoms with Gasteiger partial charge in [0, 0.05) is 17.3 Å². The lowest BCUT2D eigenvalue weighted by Crippen LogP contribution is -2.53. The maximum Gasteiger partial charge on any atom is 0.258 e. The predicted molar refractivity (Wildman–Crippen MR) is 113 cm³/mol. The Balaban J connectivity index is 2.11. The van der Waals surface area contributed by atoms with Gasteiger partial charge in [-0.3, -0.25) is 9.59 Å². The zero-order valence-electron chi connectivity index (χ0n) is 17.8. The highest BCUT2D eigenvalue weighted by atomic mass is 16.5. The van der Waals surface area contributed by atoms with E-state index in [0.717, 1.165) is 0 Å². The van der Waals surface area contributed by atoms with Crippen molar-refractivity contribution in [1.82, 2.24) is 10.2 Å². The number of amides is 2. The van der Waals surface area contributed by atoms with Gasteiger partial charge in [0.15, 0.2) is 11.5 Å². The smallest absolute Gasteiger partial charge is 0.258 e. The van der Waals surface area contributed by atoms with E-state index in [2.05, 4.69) is 5.32 Å². The fourth-order valence-corrected chi connectivity index (χ4v) is 3.51. The van der Waals surface area contributed by atoms with Gasteiger partial charge < -0.3 is 24.4 Å². The first-order valence-corrected chi connectivity index (χ1v) is 9.62. The van der Waals surface area contributed by atoms with Gasteiger partial charge in [0.1, 0.15) is 6.04 Å². The molecule has 1 heterocycles. The average Bonchev–Trinajstić information content (AvgIpc) is 2.77. The van der Waals surface area contributed by atoms with Crippen LogP contribution in [0.3, 0.4) is 0 Å². The van der Waals surface area contributed by atoms with E-state index in [9.17, 15) is 9.59 Å². The second kappa shape index (κ2) is 8.90. The molecule has 1 aliphatic rings. The highest BCUT2D eigenvalue weighted by molar-refractivity contribution is 6.02. The molecule has 0 saturated heterocycles. The number of carbonyl (C=O) groups excluding carboxylic acids is 2. The molecule has 0 fully saturated rings. The van der Waals surface area contributed by atoms with E-state index in [4.69, 9.17) is 14.2 Å². The lowest BCUT2D eigenvalue weighted by molar-refractivity contribution is -0.125. The van der Waals surface area contributed by atoms with E-state index in [1.807, 2.05) is 19.9 Å². The van der Waals surface area contributed by atoms with Gasteiger partial charge in [-0.15, -0.1) is 0 Å². The zero-order valence-corrected chi connectivity index (χ0v) is 17.8. The minimum atomic E-state index is -0.622. The molecule has 30 heavy (non-hydrogen) atoms. The van der Waals surface area contributed by atoms with Crippen LogP contribution in [0.15, 0.2) is 48.7 Å². The quantitative estimate of drug-likeness (QED) is 0.791. The lowest BCUT2D eigenvalue weighted by Gasteiger charge is -2.35. The van der Waals surface area contributed by atoms with Crippen LogP contribution in [0, 0.1) is 5.92 Å². The van der Waals surface area contributed by atoms with Crippen molar-refractivity contribution < 1.29 is 23.8 Å². The Morgan fingerprint density at radius 2 is 1.60 bits per heavy atom. The molecule has 0 radical (unpaired) electrons. The number of nitrogens with one attached hydrogen (secondary N) is 1. The molecule has 1 N–H and O–H groups in total. The fourth-order valence-electron chi connectivity index (χ4n) is 3.51. The first-order chi connectivity index (χ1) is 14.4. The van der Waals surface area contributed by atoms with Crippen molar-refractivity contribution in [3.05, 3.63) is 59.8 Å². The van der Waals surface area contributed by atoms with E-state index in [-0.39, 0.29) is 17.7 Å². The van der Waals surface area contributed by atoms with Crippen LogP contribution in [0.2, 0.25) is 0 Å². The Morgan fingerprint density at radius 1 is 1.00 bits per heavy atom. The van der Waals surface area contributed by atoms with Crippen LogP contribution in [-0.2, 0) is 4.79 Å². The van der Waals surface area contributed by atoms with Crippen molar-refractivity contribution in [2.24, 2.45) is 5.92 Å². The van der Waals surface area contributed by atoms with E-state index in [1.165, 1.54) is 26.2 Å². The van der Waals surface area contributed by atoms with E-state index < -0.39 is 6.04 Å². The molecule has 0 saturated carbocycles. The highest BCUT2D eigenvalue weighted by Crippen LogP contribution is 2.40. The molecule has 1 aliphatic heterocycles. The standard InChI is InChI=1S/C23H26N2O5/c1-14(2)20-22(26)24-17(13-25(20)23(27)15-9-7-6-8-10-15)16-11-18(28-3)21(30-5)19(12-16)29-4/h6-14,20H,1-5H3,(H,24,26)/t20-/m0/s1. The van der Waals surface area contributed by atoms with Crippen molar-refractivity contribution in [2.45, 2.75) is 19.9 Å². The summed E-state index contributed by atoms with van der Waals surface area (Å²) in [7, 11) is 4.57. The third-order valence-electron chi connectivity index (χ3n) is 4.96. The van der Waals surface area contributed by atoms with E-state index in [0.29, 0.717) is 34.1 Å². The van der Waals surface area contributed by atoms with Crippen LogP contribution in [0.25, 0.3) is 5.70 Å². The fraction of sp³-hybridized carbons (Fsp3) is 0.304. The summed E-state index contributed by atoms with van der Waals surface area (Å²) in [6.07, 6.45) is 1.67. The van der Waals surface area contributed by atoms with Crippen molar-refractivity contribution >= 4 is 17.5 Å². The molecule has 2 aromatic carbocycles. The van der Waals surface area contributed by atoms with Crippen molar-refractivity contribution in [3.8, 4) is 17.2 Å². The van der Waals surface area contributed by atoms with E-state index >= 15 is 0 Å². The van der Waals surface area contributed by atoms with Gasteiger partial charge in [0.05, 0.1) is 27.0 Å². The molecule has 0 aromatic heterocycles. The van der Waals surface area contributed by atoms with Gasteiger partial charge in [-0.25, -0.2) is 0 Å². The molecule has 0 unspecified atom stereocenters. The number of ether oxygens (including phenoxy) is 3. The van der Waals surface area contributed by atoms with Gasteiger partial charge >= 0.3 is 0 Å². The number of hydrogen-bond donors (Lipinski definition) is 1. The number of hydrogen-bond acceptors (Lipinski definition) is 5. The molecule has 7 nitrogen and oxygen atoms in total. The van der Waals surface area contributed by atoms with Gasteiger partial charge in [-0.05, 0) is 30.2 Å². The summed E-state index contributed by atoms with van der Waals surface area (Å²) in [5.41, 5.74) is 1.62. The van der Waals surface area contributed by atoms with Gasteiger partial charge in [-0.1, -0.05) is 32.0 Å². The first kappa shape index (κ1) is 21.2. The Hall–Kier alpha value is -3.48. The molecular weight excluding hydrogens is 384 g/mol. The van der Waals surface area contributed by atoms with Crippen LogP contribution in [0.4, 0.5) is 0 Å². The van der Waals surface area contributed by atoms with Crippen molar-refractivity contribution in [1.29, 1.82) is 0 Å². The van der Waals surface area contributed by atoms with Crippen molar-refractivity contribution in [2.75, 3.05) is 21.3 Å². The van der Waals surface area contributed by atoms with Crippen LogP contribution in [0.5, 0.6) is 17.2 Å². The Morgan fingerprint density at radius 3 is 2.10 bits per heavy atom. The van der Waals surface area contributed by atoms with E-state index in [1.54, 1.807) is 42.6 Å². The third kappa shape index (κ3) is 3.96. The van der Waals surface area contributed by atoms with Gasteiger partial charge in [0.25, 0.3) is 5.91 Å². The molecule has 0 bridgehead atoms. The topological polar surface area (TPSA) is 77.1 Å². The summed E-state index contributed by atoms with van der Waals surface area (Å²) in [6, 6.07) is 11.7. The normalized spacial score (nSPS) is 16.1. The summed E-state index contributed by atoms with van der Waals surface area (Å²) in [4.78, 5) is 27.7. The summed E-state index contributed by atoms with van der Waals surface area (Å²) >= 11 is 0. The van der Waals surface area contributed by atoms with Crippen LogP contribution in [-0.4, -0.2) is 44.1 Å². The van der Waals surface area contributed by atoms with Crippen LogP contribution >= 0.6 is 0 Å². The number of benzene rings is 2.